The van der Waals surface area contributed by atoms with E-state index in [2.05, 4.69) is 4.98 Å². The molecule has 0 saturated heterocycles. The number of nitrogens with two attached hydrogens (primary N) is 1. The highest BCUT2D eigenvalue weighted by Gasteiger charge is 2.24. The van der Waals surface area contributed by atoms with Gasteiger partial charge in [0.1, 0.15) is 19.0 Å². The van der Waals surface area contributed by atoms with Gasteiger partial charge >= 0.3 is 0 Å². The van der Waals surface area contributed by atoms with Crippen molar-refractivity contribution in [2.75, 3.05) is 25.6 Å². The van der Waals surface area contributed by atoms with Crippen molar-refractivity contribution in [3.63, 3.8) is 0 Å². The number of pyridine rings is 1. The molecule has 2 heterocycles. The third kappa shape index (κ3) is 2.81. The van der Waals surface area contributed by atoms with Crippen LogP contribution < -0.4 is 24.7 Å². The summed E-state index contributed by atoms with van der Waals surface area (Å²) in [5, 5.41) is 0.599. The van der Waals surface area contributed by atoms with Gasteiger partial charge in [0.05, 0.1) is 17.5 Å². The molecule has 7 heteroatoms. The SMILES string of the molecule is CCOc1cc2nccc(Oc3ccc(N)cc3F)c2c2c1OCCO2. The average Bonchev–Trinajstić information content (AvgIpc) is 2.64. The molecule has 0 bridgehead atoms. The number of ether oxygens (including phenoxy) is 4. The van der Waals surface area contributed by atoms with Crippen LogP contribution in [-0.4, -0.2) is 24.8 Å². The van der Waals surface area contributed by atoms with Crippen molar-refractivity contribution in [2.24, 2.45) is 0 Å². The number of hydrogen-bond donors (Lipinski definition) is 1. The monoisotopic (exact) mass is 356 g/mol. The van der Waals surface area contributed by atoms with Crippen molar-refractivity contribution in [3.05, 3.63) is 42.3 Å². The predicted molar refractivity (Wildman–Crippen MR) is 94.8 cm³/mol. The van der Waals surface area contributed by atoms with E-state index >= 15 is 0 Å². The number of benzene rings is 2. The molecular weight excluding hydrogens is 339 g/mol. The lowest BCUT2D eigenvalue weighted by Gasteiger charge is -2.23. The topological polar surface area (TPSA) is 75.8 Å². The summed E-state index contributed by atoms with van der Waals surface area (Å²) in [4.78, 5) is 4.36. The molecule has 0 aliphatic carbocycles. The van der Waals surface area contributed by atoms with E-state index in [1.807, 2.05) is 6.92 Å². The summed E-state index contributed by atoms with van der Waals surface area (Å²) in [6, 6.07) is 7.68. The zero-order chi connectivity index (χ0) is 18.1. The van der Waals surface area contributed by atoms with Gasteiger partial charge in [-0.1, -0.05) is 0 Å². The van der Waals surface area contributed by atoms with E-state index < -0.39 is 5.82 Å². The molecule has 0 amide bonds. The molecule has 4 rings (SSSR count). The highest BCUT2D eigenvalue weighted by molar-refractivity contribution is 5.95. The number of hydrogen-bond acceptors (Lipinski definition) is 6. The highest BCUT2D eigenvalue weighted by atomic mass is 19.1. The van der Waals surface area contributed by atoms with Crippen molar-refractivity contribution in [2.45, 2.75) is 6.92 Å². The van der Waals surface area contributed by atoms with Gasteiger partial charge in [0.2, 0.25) is 5.75 Å². The van der Waals surface area contributed by atoms with E-state index in [-0.39, 0.29) is 5.75 Å². The largest absolute Gasteiger partial charge is 0.490 e. The van der Waals surface area contributed by atoms with Gasteiger partial charge in [-0.15, -0.1) is 0 Å². The average molecular weight is 356 g/mol. The summed E-state index contributed by atoms with van der Waals surface area (Å²) < 4.78 is 37.1. The Morgan fingerprint density at radius 2 is 1.88 bits per heavy atom. The quantitative estimate of drug-likeness (QED) is 0.714. The van der Waals surface area contributed by atoms with Gasteiger partial charge < -0.3 is 24.7 Å². The first-order valence-corrected chi connectivity index (χ1v) is 8.24. The molecule has 0 unspecified atom stereocenters. The van der Waals surface area contributed by atoms with Crippen LogP contribution in [0, 0.1) is 5.82 Å². The number of halogens is 1. The third-order valence-electron chi connectivity index (χ3n) is 3.92. The van der Waals surface area contributed by atoms with Crippen LogP contribution in [0.1, 0.15) is 6.92 Å². The van der Waals surface area contributed by atoms with E-state index in [4.69, 9.17) is 24.7 Å². The molecule has 1 aromatic heterocycles. The number of nitrogen functional groups attached to an aromatic ring is 1. The molecule has 0 radical (unpaired) electrons. The summed E-state index contributed by atoms with van der Waals surface area (Å²) in [5.74, 6) is 1.46. The summed E-state index contributed by atoms with van der Waals surface area (Å²) in [6.45, 7) is 3.18. The fourth-order valence-corrected chi connectivity index (χ4v) is 2.84. The van der Waals surface area contributed by atoms with E-state index in [1.54, 1.807) is 24.4 Å². The molecule has 0 spiro atoms. The van der Waals surface area contributed by atoms with Gasteiger partial charge in [-0.05, 0) is 25.1 Å². The summed E-state index contributed by atoms with van der Waals surface area (Å²) in [5.41, 5.74) is 6.52. The molecule has 3 aromatic rings. The van der Waals surface area contributed by atoms with Crippen LogP contribution in [0.3, 0.4) is 0 Å². The standard InChI is InChI=1S/C19H17FN2O4/c1-2-23-16-10-13-17(19-18(16)24-7-8-25-19)15(5-6-22-13)26-14-4-3-11(21)9-12(14)20/h3-6,9-10H,2,7-8,21H2,1H3. The molecule has 26 heavy (non-hydrogen) atoms. The van der Waals surface area contributed by atoms with Crippen molar-refractivity contribution >= 4 is 16.6 Å². The molecule has 2 N–H and O–H groups in total. The summed E-state index contributed by atoms with van der Waals surface area (Å²) in [7, 11) is 0. The van der Waals surface area contributed by atoms with E-state index in [1.165, 1.54) is 12.1 Å². The lowest BCUT2D eigenvalue weighted by atomic mass is 10.1. The van der Waals surface area contributed by atoms with Gasteiger partial charge in [-0.2, -0.15) is 0 Å². The third-order valence-corrected chi connectivity index (χ3v) is 3.92. The summed E-state index contributed by atoms with van der Waals surface area (Å²) >= 11 is 0. The van der Waals surface area contributed by atoms with Gasteiger partial charge in [0.15, 0.2) is 23.1 Å². The minimum Gasteiger partial charge on any atom is -0.490 e. The Kier molecular flexibility index (Phi) is 4.12. The van der Waals surface area contributed by atoms with Crippen LogP contribution in [0.5, 0.6) is 28.7 Å². The normalized spacial score (nSPS) is 12.8. The first-order valence-electron chi connectivity index (χ1n) is 8.24. The molecule has 2 aromatic carbocycles. The van der Waals surface area contributed by atoms with Gasteiger partial charge in [0.25, 0.3) is 0 Å². The minimum absolute atomic E-state index is 0.0612. The zero-order valence-corrected chi connectivity index (χ0v) is 14.1. The Morgan fingerprint density at radius 3 is 2.65 bits per heavy atom. The fourth-order valence-electron chi connectivity index (χ4n) is 2.84. The second-order valence-corrected chi connectivity index (χ2v) is 5.66. The van der Waals surface area contributed by atoms with E-state index in [0.717, 1.165) is 0 Å². The number of nitrogens with zero attached hydrogens (tertiary/aromatic N) is 1. The summed E-state index contributed by atoms with van der Waals surface area (Å²) in [6.07, 6.45) is 1.58. The molecule has 0 fully saturated rings. The molecule has 0 atom stereocenters. The second kappa shape index (κ2) is 6.59. The number of fused-ring (bicyclic) bond motifs is 3. The van der Waals surface area contributed by atoms with Crippen molar-refractivity contribution in [3.8, 4) is 28.7 Å². The Bertz CT molecular complexity index is 977. The predicted octanol–water partition coefficient (Wildman–Crippen LogP) is 3.92. The van der Waals surface area contributed by atoms with Crippen LogP contribution in [0.15, 0.2) is 36.5 Å². The van der Waals surface area contributed by atoms with Crippen LogP contribution in [0.4, 0.5) is 10.1 Å². The maximum absolute atomic E-state index is 14.1. The molecule has 0 saturated carbocycles. The zero-order valence-electron chi connectivity index (χ0n) is 14.1. The minimum atomic E-state index is -0.549. The Labute approximate surface area is 149 Å². The fraction of sp³-hybridized carbons (Fsp3) is 0.211. The van der Waals surface area contributed by atoms with E-state index in [0.29, 0.717) is 59.4 Å². The van der Waals surface area contributed by atoms with Crippen molar-refractivity contribution in [1.82, 2.24) is 4.98 Å². The molecule has 1 aliphatic rings. The lowest BCUT2D eigenvalue weighted by Crippen LogP contribution is -2.16. The lowest BCUT2D eigenvalue weighted by molar-refractivity contribution is 0.165. The Hall–Kier alpha value is -3.22. The Balaban J connectivity index is 1.88. The maximum Gasteiger partial charge on any atom is 0.204 e. The molecule has 134 valence electrons. The van der Waals surface area contributed by atoms with Crippen LogP contribution in [0.2, 0.25) is 0 Å². The van der Waals surface area contributed by atoms with Crippen molar-refractivity contribution < 1.29 is 23.3 Å². The number of aromatic nitrogens is 1. The first kappa shape index (κ1) is 16.3. The second-order valence-electron chi connectivity index (χ2n) is 5.66. The molecule has 1 aliphatic heterocycles. The number of rotatable bonds is 4. The van der Waals surface area contributed by atoms with Crippen LogP contribution in [0.25, 0.3) is 10.9 Å². The first-order chi connectivity index (χ1) is 12.7. The van der Waals surface area contributed by atoms with Crippen molar-refractivity contribution in [1.29, 1.82) is 0 Å². The van der Waals surface area contributed by atoms with Gasteiger partial charge in [-0.3, -0.25) is 4.98 Å². The smallest absolute Gasteiger partial charge is 0.204 e. The van der Waals surface area contributed by atoms with Crippen LogP contribution in [-0.2, 0) is 0 Å². The molecule has 6 nitrogen and oxygen atoms in total. The van der Waals surface area contributed by atoms with E-state index in [9.17, 15) is 4.39 Å². The van der Waals surface area contributed by atoms with Gasteiger partial charge in [-0.25, -0.2) is 4.39 Å². The Morgan fingerprint density at radius 1 is 1.08 bits per heavy atom. The maximum atomic E-state index is 14.1. The van der Waals surface area contributed by atoms with Gasteiger partial charge in [0, 0.05) is 24.0 Å². The van der Waals surface area contributed by atoms with Crippen LogP contribution >= 0.6 is 0 Å². The molecular formula is C19H17FN2O4. The highest BCUT2D eigenvalue weighted by Crippen LogP contribution is 2.48. The number of anilines is 1.